The summed E-state index contributed by atoms with van der Waals surface area (Å²) in [5.41, 5.74) is 5.01. The fourth-order valence-corrected chi connectivity index (χ4v) is 2.26. The Morgan fingerprint density at radius 3 is 2.59 bits per heavy atom. The standard InChI is InChI=1S/C20H20ClN3O3/c1-3-10-22-19(25)20(26)24-23-12-16-8-9-18(17(21)11-16)27-13-15-6-4-14(2)5-7-15/h3-9,11-12H,1,10,13H2,2H3,(H,22,25)(H,24,26)/b23-12-. The summed E-state index contributed by atoms with van der Waals surface area (Å²) >= 11 is 6.22. The molecule has 2 rings (SSSR count). The summed E-state index contributed by atoms with van der Waals surface area (Å²) in [5, 5.41) is 6.50. The van der Waals surface area contributed by atoms with Crippen LogP contribution in [-0.2, 0) is 16.2 Å². The van der Waals surface area contributed by atoms with Gasteiger partial charge >= 0.3 is 11.8 Å². The van der Waals surface area contributed by atoms with E-state index in [1.54, 1.807) is 18.2 Å². The molecule has 0 aliphatic rings. The van der Waals surface area contributed by atoms with Crippen LogP contribution < -0.4 is 15.5 Å². The molecule has 2 amide bonds. The van der Waals surface area contributed by atoms with E-state index in [1.807, 2.05) is 31.2 Å². The van der Waals surface area contributed by atoms with Crippen molar-refractivity contribution in [3.63, 3.8) is 0 Å². The third-order valence-electron chi connectivity index (χ3n) is 3.46. The molecular formula is C20H20ClN3O3. The van der Waals surface area contributed by atoms with Crippen molar-refractivity contribution < 1.29 is 14.3 Å². The maximum atomic E-state index is 11.5. The van der Waals surface area contributed by atoms with Crippen LogP contribution in [0.1, 0.15) is 16.7 Å². The molecule has 0 aromatic heterocycles. The number of amides is 2. The van der Waals surface area contributed by atoms with E-state index in [0.29, 0.717) is 22.9 Å². The van der Waals surface area contributed by atoms with Gasteiger partial charge in [-0.3, -0.25) is 9.59 Å². The van der Waals surface area contributed by atoms with Gasteiger partial charge in [-0.2, -0.15) is 5.10 Å². The van der Waals surface area contributed by atoms with Gasteiger partial charge in [0, 0.05) is 6.54 Å². The molecular weight excluding hydrogens is 366 g/mol. The van der Waals surface area contributed by atoms with Crippen molar-refractivity contribution in [1.82, 2.24) is 10.7 Å². The van der Waals surface area contributed by atoms with E-state index >= 15 is 0 Å². The largest absolute Gasteiger partial charge is 0.487 e. The number of halogens is 1. The molecule has 0 spiro atoms. The van der Waals surface area contributed by atoms with Crippen molar-refractivity contribution in [1.29, 1.82) is 0 Å². The van der Waals surface area contributed by atoms with Crippen molar-refractivity contribution in [3.8, 4) is 5.75 Å². The van der Waals surface area contributed by atoms with Crippen molar-refractivity contribution in [2.24, 2.45) is 5.10 Å². The second-order valence-electron chi connectivity index (χ2n) is 5.66. The van der Waals surface area contributed by atoms with Crippen molar-refractivity contribution in [3.05, 3.63) is 76.8 Å². The zero-order chi connectivity index (χ0) is 19.6. The van der Waals surface area contributed by atoms with Crippen molar-refractivity contribution in [2.45, 2.75) is 13.5 Å². The average Bonchev–Trinajstić information content (AvgIpc) is 2.66. The maximum absolute atomic E-state index is 11.5. The molecule has 0 bridgehead atoms. The molecule has 0 heterocycles. The molecule has 0 aliphatic heterocycles. The Balaban J connectivity index is 1.89. The highest BCUT2D eigenvalue weighted by atomic mass is 35.5. The Bertz CT molecular complexity index is 848. The first-order valence-electron chi connectivity index (χ1n) is 8.19. The molecule has 27 heavy (non-hydrogen) atoms. The quantitative estimate of drug-likeness (QED) is 0.333. The number of nitrogens with one attached hydrogen (secondary N) is 2. The van der Waals surface area contributed by atoms with Crippen molar-refractivity contribution in [2.75, 3.05) is 6.54 Å². The SMILES string of the molecule is C=CCNC(=O)C(=O)N/N=C\c1ccc(OCc2ccc(C)cc2)c(Cl)c1. The summed E-state index contributed by atoms with van der Waals surface area (Å²) in [6, 6.07) is 13.1. The van der Waals surface area contributed by atoms with Crippen LogP contribution in [0.2, 0.25) is 5.02 Å². The van der Waals surface area contributed by atoms with Gasteiger partial charge < -0.3 is 10.1 Å². The predicted octanol–water partition coefficient (Wildman–Crippen LogP) is 2.98. The number of carbonyl (C=O) groups excluding carboxylic acids is 2. The molecule has 2 aromatic carbocycles. The van der Waals surface area contributed by atoms with Gasteiger partial charge in [0.25, 0.3) is 0 Å². The van der Waals surface area contributed by atoms with E-state index in [9.17, 15) is 9.59 Å². The number of aryl methyl sites for hydroxylation is 1. The normalized spacial score (nSPS) is 10.4. The fraction of sp³-hybridized carbons (Fsp3) is 0.150. The molecule has 0 unspecified atom stereocenters. The minimum atomic E-state index is -0.864. The number of hydrazone groups is 1. The molecule has 6 nitrogen and oxygen atoms in total. The van der Waals surface area contributed by atoms with Crippen LogP contribution in [0, 0.1) is 6.92 Å². The van der Waals surface area contributed by atoms with Gasteiger partial charge in [0.15, 0.2) is 0 Å². The monoisotopic (exact) mass is 385 g/mol. The molecule has 0 saturated carbocycles. The Kier molecular flexibility index (Phi) is 7.58. The number of nitrogens with zero attached hydrogens (tertiary/aromatic N) is 1. The molecule has 140 valence electrons. The Morgan fingerprint density at radius 2 is 1.93 bits per heavy atom. The van der Waals surface area contributed by atoms with Crippen LogP contribution in [0.25, 0.3) is 0 Å². The molecule has 0 aliphatic carbocycles. The summed E-state index contributed by atoms with van der Waals surface area (Å²) in [5.74, 6) is -1.11. The number of carbonyl (C=O) groups is 2. The van der Waals surface area contributed by atoms with E-state index in [-0.39, 0.29) is 6.54 Å². The molecule has 2 N–H and O–H groups in total. The Hall–Kier alpha value is -3.12. The minimum absolute atomic E-state index is 0.204. The topological polar surface area (TPSA) is 79.8 Å². The second kappa shape index (κ2) is 10.1. The lowest BCUT2D eigenvalue weighted by Crippen LogP contribution is -2.37. The molecule has 2 aromatic rings. The average molecular weight is 386 g/mol. The Labute approximate surface area is 162 Å². The van der Waals surface area contributed by atoms with Crippen LogP contribution in [0.5, 0.6) is 5.75 Å². The van der Waals surface area contributed by atoms with Gasteiger partial charge in [-0.15, -0.1) is 6.58 Å². The van der Waals surface area contributed by atoms with E-state index in [4.69, 9.17) is 16.3 Å². The van der Waals surface area contributed by atoms with Crippen LogP contribution >= 0.6 is 11.6 Å². The van der Waals surface area contributed by atoms with Crippen LogP contribution in [-0.4, -0.2) is 24.6 Å². The number of ether oxygens (including phenoxy) is 1. The third kappa shape index (κ3) is 6.60. The van der Waals surface area contributed by atoms with E-state index in [2.05, 4.69) is 22.4 Å². The van der Waals surface area contributed by atoms with Gasteiger partial charge in [0.05, 0.1) is 11.2 Å². The maximum Gasteiger partial charge on any atom is 0.329 e. The summed E-state index contributed by atoms with van der Waals surface area (Å²) in [6.07, 6.45) is 2.85. The van der Waals surface area contributed by atoms with E-state index < -0.39 is 11.8 Å². The van der Waals surface area contributed by atoms with Gasteiger partial charge in [-0.05, 0) is 36.2 Å². The first kappa shape index (κ1) is 20.2. The van der Waals surface area contributed by atoms with Crippen molar-refractivity contribution >= 4 is 29.6 Å². The summed E-state index contributed by atoms with van der Waals surface area (Å²) < 4.78 is 5.72. The van der Waals surface area contributed by atoms with E-state index in [0.717, 1.165) is 5.56 Å². The second-order valence-corrected chi connectivity index (χ2v) is 6.07. The van der Waals surface area contributed by atoms with Gasteiger partial charge in [-0.1, -0.05) is 47.5 Å². The molecule has 0 atom stereocenters. The number of hydrogen-bond donors (Lipinski definition) is 2. The number of benzene rings is 2. The lowest BCUT2D eigenvalue weighted by Gasteiger charge is -2.09. The minimum Gasteiger partial charge on any atom is -0.487 e. The van der Waals surface area contributed by atoms with E-state index in [1.165, 1.54) is 17.9 Å². The van der Waals surface area contributed by atoms with Gasteiger partial charge in [-0.25, -0.2) is 5.43 Å². The lowest BCUT2D eigenvalue weighted by molar-refractivity contribution is -0.139. The zero-order valence-corrected chi connectivity index (χ0v) is 15.6. The summed E-state index contributed by atoms with van der Waals surface area (Å²) in [7, 11) is 0. The van der Waals surface area contributed by atoms with Crippen LogP contribution in [0.15, 0.2) is 60.2 Å². The molecule has 0 fully saturated rings. The van der Waals surface area contributed by atoms with Gasteiger partial charge in [0.2, 0.25) is 0 Å². The Morgan fingerprint density at radius 1 is 1.19 bits per heavy atom. The first-order valence-corrected chi connectivity index (χ1v) is 8.57. The fourth-order valence-electron chi connectivity index (χ4n) is 2.02. The number of hydrogen-bond acceptors (Lipinski definition) is 4. The highest BCUT2D eigenvalue weighted by Gasteiger charge is 2.10. The zero-order valence-electron chi connectivity index (χ0n) is 14.9. The third-order valence-corrected chi connectivity index (χ3v) is 3.76. The highest BCUT2D eigenvalue weighted by Crippen LogP contribution is 2.25. The van der Waals surface area contributed by atoms with Gasteiger partial charge in [0.1, 0.15) is 12.4 Å². The summed E-state index contributed by atoms with van der Waals surface area (Å²) in [6.45, 7) is 6.08. The molecule has 7 heteroatoms. The molecule has 0 saturated heterocycles. The smallest absolute Gasteiger partial charge is 0.329 e. The van der Waals surface area contributed by atoms with Crippen LogP contribution in [0.4, 0.5) is 0 Å². The predicted molar refractivity (Wildman–Crippen MR) is 106 cm³/mol. The summed E-state index contributed by atoms with van der Waals surface area (Å²) in [4.78, 5) is 22.9. The van der Waals surface area contributed by atoms with Crippen LogP contribution in [0.3, 0.4) is 0 Å². The highest BCUT2D eigenvalue weighted by molar-refractivity contribution is 6.35. The first-order chi connectivity index (χ1) is 13.0. The molecule has 0 radical (unpaired) electrons. The lowest BCUT2D eigenvalue weighted by atomic mass is 10.2. The number of rotatable bonds is 7.